The molecule has 0 aliphatic heterocycles. The Bertz CT molecular complexity index is 641. The van der Waals surface area contributed by atoms with E-state index in [1.165, 1.54) is 13.2 Å². The molecule has 23 heavy (non-hydrogen) atoms. The van der Waals surface area contributed by atoms with Gasteiger partial charge in [0, 0.05) is 5.56 Å². The zero-order valence-electron chi connectivity index (χ0n) is 12.6. The first kappa shape index (κ1) is 17.0. The molecule has 0 aliphatic carbocycles. The Kier molecular flexibility index (Phi) is 6.10. The summed E-state index contributed by atoms with van der Waals surface area (Å²) in [6.45, 7) is -0.598. The number of aliphatic hydroxyl groups excluding tert-OH is 2. The summed E-state index contributed by atoms with van der Waals surface area (Å²) in [6, 6.07) is 14.4. The van der Waals surface area contributed by atoms with Gasteiger partial charge in [0.2, 0.25) is 0 Å². The van der Waals surface area contributed by atoms with Crippen LogP contribution in [0.3, 0.4) is 0 Å². The standard InChI is InChI=1S/C17H18O6/c1-21-23-17(20)15-9-5-8-14(12-6-3-2-4-7-12)16(15)22-11-13(19)10-18/h2-9,13,18-19H,10-11H2,1H3. The first-order valence-corrected chi connectivity index (χ1v) is 7.02. The van der Waals surface area contributed by atoms with Crippen LogP contribution in [0.1, 0.15) is 10.4 Å². The highest BCUT2D eigenvalue weighted by Gasteiger charge is 2.20. The summed E-state index contributed by atoms with van der Waals surface area (Å²) in [5.41, 5.74) is 1.67. The molecule has 0 aromatic heterocycles. The molecule has 0 amide bonds. The Morgan fingerprint density at radius 3 is 2.52 bits per heavy atom. The maximum Gasteiger partial charge on any atom is 0.376 e. The molecule has 0 saturated carbocycles. The minimum atomic E-state index is -1.05. The van der Waals surface area contributed by atoms with Crippen LogP contribution >= 0.6 is 0 Å². The number of carbonyl (C=O) groups is 1. The average molecular weight is 318 g/mol. The van der Waals surface area contributed by atoms with Gasteiger partial charge in [-0.3, -0.25) is 4.89 Å². The van der Waals surface area contributed by atoms with E-state index in [9.17, 15) is 9.90 Å². The fourth-order valence-corrected chi connectivity index (χ4v) is 2.05. The highest BCUT2D eigenvalue weighted by molar-refractivity contribution is 5.95. The maximum absolute atomic E-state index is 12.0. The highest BCUT2D eigenvalue weighted by Crippen LogP contribution is 2.33. The van der Waals surface area contributed by atoms with E-state index < -0.39 is 18.7 Å². The summed E-state index contributed by atoms with van der Waals surface area (Å²) in [4.78, 5) is 21.0. The average Bonchev–Trinajstić information content (AvgIpc) is 2.60. The molecular formula is C17H18O6. The zero-order valence-corrected chi connectivity index (χ0v) is 12.6. The van der Waals surface area contributed by atoms with Gasteiger partial charge in [0.15, 0.2) is 0 Å². The first-order chi connectivity index (χ1) is 11.2. The molecule has 0 saturated heterocycles. The summed E-state index contributed by atoms with van der Waals surface area (Å²) < 4.78 is 5.58. The summed E-state index contributed by atoms with van der Waals surface area (Å²) in [6.07, 6.45) is -1.05. The topological polar surface area (TPSA) is 85.2 Å². The van der Waals surface area contributed by atoms with Crippen molar-refractivity contribution in [3.8, 4) is 16.9 Å². The second-order valence-corrected chi connectivity index (χ2v) is 4.73. The summed E-state index contributed by atoms with van der Waals surface area (Å²) in [5, 5.41) is 18.4. The van der Waals surface area contributed by atoms with E-state index in [1.54, 1.807) is 12.1 Å². The summed E-state index contributed by atoms with van der Waals surface area (Å²) in [5.74, 6) is -0.452. The van der Waals surface area contributed by atoms with Crippen molar-refractivity contribution in [2.24, 2.45) is 0 Å². The number of hydrogen-bond donors (Lipinski definition) is 2. The predicted octanol–water partition coefficient (Wildman–Crippen LogP) is 1.80. The monoisotopic (exact) mass is 318 g/mol. The lowest BCUT2D eigenvalue weighted by atomic mass is 10.0. The number of carbonyl (C=O) groups excluding carboxylic acids is 1. The van der Waals surface area contributed by atoms with E-state index in [1.807, 2.05) is 30.3 Å². The van der Waals surface area contributed by atoms with Gasteiger partial charge in [0.1, 0.15) is 24.0 Å². The lowest BCUT2D eigenvalue weighted by Crippen LogP contribution is -2.22. The van der Waals surface area contributed by atoms with Crippen molar-refractivity contribution in [3.05, 3.63) is 54.1 Å². The molecule has 1 unspecified atom stereocenters. The van der Waals surface area contributed by atoms with E-state index in [2.05, 4.69) is 9.78 Å². The molecule has 2 aromatic rings. The van der Waals surface area contributed by atoms with Crippen molar-refractivity contribution >= 4 is 5.97 Å². The Hall–Kier alpha value is -2.41. The van der Waals surface area contributed by atoms with Crippen LogP contribution in [-0.4, -0.2) is 42.6 Å². The van der Waals surface area contributed by atoms with Gasteiger partial charge >= 0.3 is 5.97 Å². The number of hydrogen-bond acceptors (Lipinski definition) is 6. The molecule has 6 nitrogen and oxygen atoms in total. The molecule has 0 spiro atoms. The Morgan fingerprint density at radius 1 is 1.13 bits per heavy atom. The number of aliphatic hydroxyl groups is 2. The van der Waals surface area contributed by atoms with Crippen LogP contribution in [0.5, 0.6) is 5.75 Å². The molecule has 1 atom stereocenters. The van der Waals surface area contributed by atoms with Crippen molar-refractivity contribution in [1.29, 1.82) is 0 Å². The smallest absolute Gasteiger partial charge is 0.376 e. The minimum Gasteiger partial charge on any atom is -0.489 e. The Labute approximate surface area is 133 Å². The largest absolute Gasteiger partial charge is 0.489 e. The fraction of sp³-hybridized carbons (Fsp3) is 0.235. The van der Waals surface area contributed by atoms with Crippen molar-refractivity contribution in [3.63, 3.8) is 0 Å². The molecule has 2 aromatic carbocycles. The molecular weight excluding hydrogens is 300 g/mol. The summed E-state index contributed by atoms with van der Waals surface area (Å²) >= 11 is 0. The number of para-hydroxylation sites is 1. The quantitative estimate of drug-likeness (QED) is 0.598. The fourth-order valence-electron chi connectivity index (χ4n) is 2.05. The lowest BCUT2D eigenvalue weighted by molar-refractivity contribution is -0.216. The normalized spacial score (nSPS) is 11.8. The van der Waals surface area contributed by atoms with E-state index in [4.69, 9.17) is 9.84 Å². The van der Waals surface area contributed by atoms with Crippen molar-refractivity contribution in [2.45, 2.75) is 6.10 Å². The number of ether oxygens (including phenoxy) is 1. The van der Waals surface area contributed by atoms with Crippen LogP contribution in [0.25, 0.3) is 11.1 Å². The SMILES string of the molecule is COOC(=O)c1cccc(-c2ccccc2)c1OCC(O)CO. The Morgan fingerprint density at radius 2 is 1.87 bits per heavy atom. The lowest BCUT2D eigenvalue weighted by Gasteiger charge is -2.16. The maximum atomic E-state index is 12.0. The second kappa shape index (κ2) is 8.28. The van der Waals surface area contributed by atoms with Gasteiger partial charge in [0.05, 0.1) is 13.7 Å². The third-order valence-corrected chi connectivity index (χ3v) is 3.11. The molecule has 0 heterocycles. The Balaban J connectivity index is 2.44. The zero-order chi connectivity index (χ0) is 16.7. The van der Waals surface area contributed by atoms with E-state index in [0.717, 1.165) is 5.56 Å². The highest BCUT2D eigenvalue weighted by atomic mass is 17.2. The molecule has 122 valence electrons. The molecule has 0 radical (unpaired) electrons. The third-order valence-electron chi connectivity index (χ3n) is 3.11. The molecule has 2 rings (SSSR count). The van der Waals surface area contributed by atoms with Crippen molar-refractivity contribution in [2.75, 3.05) is 20.3 Å². The van der Waals surface area contributed by atoms with Crippen LogP contribution in [0.2, 0.25) is 0 Å². The van der Waals surface area contributed by atoms with Gasteiger partial charge in [-0.25, -0.2) is 4.79 Å². The molecule has 0 fully saturated rings. The van der Waals surface area contributed by atoms with Gasteiger partial charge in [-0.05, 0) is 11.6 Å². The van der Waals surface area contributed by atoms with Crippen LogP contribution < -0.4 is 4.74 Å². The third kappa shape index (κ3) is 4.29. The van der Waals surface area contributed by atoms with Crippen molar-refractivity contribution in [1.82, 2.24) is 0 Å². The van der Waals surface area contributed by atoms with Crippen LogP contribution in [-0.2, 0) is 9.78 Å². The van der Waals surface area contributed by atoms with Crippen LogP contribution in [0.4, 0.5) is 0 Å². The second-order valence-electron chi connectivity index (χ2n) is 4.73. The molecule has 0 aliphatic rings. The summed E-state index contributed by atoms with van der Waals surface area (Å²) in [7, 11) is 1.23. The molecule has 6 heteroatoms. The van der Waals surface area contributed by atoms with Crippen LogP contribution in [0, 0.1) is 0 Å². The first-order valence-electron chi connectivity index (χ1n) is 7.02. The van der Waals surface area contributed by atoms with Crippen molar-refractivity contribution < 1.29 is 29.5 Å². The van der Waals surface area contributed by atoms with Crippen LogP contribution in [0.15, 0.2) is 48.5 Å². The van der Waals surface area contributed by atoms with E-state index in [0.29, 0.717) is 5.56 Å². The van der Waals surface area contributed by atoms with E-state index in [-0.39, 0.29) is 17.9 Å². The number of rotatable bonds is 7. The van der Waals surface area contributed by atoms with Gasteiger partial charge < -0.3 is 14.9 Å². The predicted molar refractivity (Wildman–Crippen MR) is 82.9 cm³/mol. The number of benzene rings is 2. The van der Waals surface area contributed by atoms with Gasteiger partial charge in [-0.15, -0.1) is 0 Å². The minimum absolute atomic E-state index is 0.159. The van der Waals surface area contributed by atoms with Gasteiger partial charge in [-0.2, -0.15) is 4.89 Å². The van der Waals surface area contributed by atoms with E-state index >= 15 is 0 Å². The van der Waals surface area contributed by atoms with Gasteiger partial charge in [-0.1, -0.05) is 42.5 Å². The molecule has 0 bridgehead atoms. The molecule has 2 N–H and O–H groups in total. The van der Waals surface area contributed by atoms with Gasteiger partial charge in [0.25, 0.3) is 0 Å².